The first-order valence-electron chi connectivity index (χ1n) is 12.9. The number of nitrogens with zero attached hydrogens (tertiary/aromatic N) is 3. The summed E-state index contributed by atoms with van der Waals surface area (Å²) >= 11 is 0. The molecule has 2 fully saturated rings. The van der Waals surface area contributed by atoms with Crippen LogP contribution in [-0.4, -0.2) is 51.1 Å². The van der Waals surface area contributed by atoms with Gasteiger partial charge in [0.25, 0.3) is 0 Å². The third-order valence-electron chi connectivity index (χ3n) is 7.22. The highest BCUT2D eigenvalue weighted by atomic mass is 32.2. The smallest absolute Gasteiger partial charge is 0.411 e. The molecular weight excluding hydrogens is 538 g/mol. The van der Waals surface area contributed by atoms with Crippen molar-refractivity contribution < 1.29 is 27.3 Å². The fourth-order valence-corrected chi connectivity index (χ4v) is 6.21. The van der Waals surface area contributed by atoms with Crippen molar-refractivity contribution >= 4 is 22.8 Å². The standard InChI is InChI=1S/C29H30F2N4O4S/c1-29(2,3)39-28(37)35-21-8-7-17(9-21)26(35)27(36)34-20(15-33)13-22-23(30)10-19(11-24(22)31)16-5-6-18(14-32)25(12-16)40(4)38/h5-6,10-12,17,20-21,26H,7-9,13H2,1-4H3,(H,34,36). The third kappa shape index (κ3) is 6.00. The molecule has 1 saturated carbocycles. The van der Waals surface area contributed by atoms with Crippen LogP contribution in [0.25, 0.3) is 11.1 Å². The number of amides is 2. The van der Waals surface area contributed by atoms with Crippen LogP contribution in [0.2, 0.25) is 0 Å². The number of ether oxygens (including phenoxy) is 1. The maximum Gasteiger partial charge on any atom is 0.411 e. The molecule has 11 heteroatoms. The fraction of sp³-hybridized carbons (Fsp3) is 0.448. The Hall–Kier alpha value is -3.83. The molecule has 4 rings (SSSR count). The Labute approximate surface area is 234 Å². The lowest BCUT2D eigenvalue weighted by Gasteiger charge is -2.35. The molecule has 1 saturated heterocycles. The molecule has 1 aliphatic carbocycles. The van der Waals surface area contributed by atoms with Gasteiger partial charge in [0.05, 0.1) is 27.3 Å². The number of carbonyl (C=O) groups excluding carboxylic acids is 2. The summed E-state index contributed by atoms with van der Waals surface area (Å²) < 4.78 is 47.8. The van der Waals surface area contributed by atoms with E-state index in [1.165, 1.54) is 29.4 Å². The minimum absolute atomic E-state index is 0.0839. The van der Waals surface area contributed by atoms with Crippen LogP contribution < -0.4 is 5.32 Å². The van der Waals surface area contributed by atoms with Crippen LogP contribution in [0.3, 0.4) is 0 Å². The van der Waals surface area contributed by atoms with Gasteiger partial charge in [0.15, 0.2) is 0 Å². The molecule has 5 unspecified atom stereocenters. The summed E-state index contributed by atoms with van der Waals surface area (Å²) in [5.74, 6) is -2.47. The number of halogens is 2. The first-order valence-corrected chi connectivity index (χ1v) is 14.5. The van der Waals surface area contributed by atoms with Crippen LogP contribution in [0.1, 0.15) is 51.2 Å². The van der Waals surface area contributed by atoms with E-state index in [9.17, 15) is 24.3 Å². The molecule has 1 N–H and O–H groups in total. The Morgan fingerprint density at radius 2 is 1.82 bits per heavy atom. The minimum atomic E-state index is -1.49. The van der Waals surface area contributed by atoms with Crippen molar-refractivity contribution in [3.63, 3.8) is 0 Å². The van der Waals surface area contributed by atoms with E-state index >= 15 is 8.78 Å². The molecular formula is C29H30F2N4O4S. The maximum atomic E-state index is 15.1. The summed E-state index contributed by atoms with van der Waals surface area (Å²) in [7, 11) is -1.49. The van der Waals surface area contributed by atoms with Gasteiger partial charge in [-0.3, -0.25) is 13.9 Å². The van der Waals surface area contributed by atoms with E-state index in [4.69, 9.17) is 4.74 Å². The highest BCUT2D eigenvalue weighted by Crippen LogP contribution is 2.43. The van der Waals surface area contributed by atoms with E-state index in [2.05, 4.69) is 5.32 Å². The molecule has 2 aromatic rings. The summed E-state index contributed by atoms with van der Waals surface area (Å²) in [5.41, 5.74) is -0.376. The molecule has 210 valence electrons. The second-order valence-corrected chi connectivity index (χ2v) is 12.5. The lowest BCUT2D eigenvalue weighted by atomic mass is 9.96. The van der Waals surface area contributed by atoms with Gasteiger partial charge in [0, 0.05) is 24.3 Å². The molecule has 2 amide bonds. The van der Waals surface area contributed by atoms with Gasteiger partial charge in [0.2, 0.25) is 5.91 Å². The van der Waals surface area contributed by atoms with Crippen molar-refractivity contribution in [3.05, 3.63) is 53.1 Å². The van der Waals surface area contributed by atoms with Crippen molar-refractivity contribution in [1.82, 2.24) is 10.2 Å². The number of fused-ring (bicyclic) bond motifs is 2. The molecule has 0 aromatic heterocycles. The second-order valence-electron chi connectivity index (χ2n) is 11.1. The van der Waals surface area contributed by atoms with Gasteiger partial charge in [-0.25, -0.2) is 13.6 Å². The Morgan fingerprint density at radius 1 is 1.15 bits per heavy atom. The van der Waals surface area contributed by atoms with Gasteiger partial charge in [0.1, 0.15) is 35.4 Å². The van der Waals surface area contributed by atoms with Gasteiger partial charge in [-0.2, -0.15) is 10.5 Å². The molecule has 1 heterocycles. The average molecular weight is 569 g/mol. The number of piperidine rings is 1. The van der Waals surface area contributed by atoms with Gasteiger partial charge < -0.3 is 10.1 Å². The molecule has 8 nitrogen and oxygen atoms in total. The van der Waals surface area contributed by atoms with Gasteiger partial charge in [-0.15, -0.1) is 0 Å². The van der Waals surface area contributed by atoms with E-state index in [1.54, 1.807) is 20.8 Å². The largest absolute Gasteiger partial charge is 0.444 e. The van der Waals surface area contributed by atoms with E-state index in [-0.39, 0.29) is 33.5 Å². The van der Waals surface area contributed by atoms with Crippen molar-refractivity contribution in [2.24, 2.45) is 5.92 Å². The van der Waals surface area contributed by atoms with Crippen LogP contribution in [0.5, 0.6) is 0 Å². The Morgan fingerprint density at radius 3 is 2.40 bits per heavy atom. The van der Waals surface area contributed by atoms with Gasteiger partial charge in [-0.1, -0.05) is 6.07 Å². The van der Waals surface area contributed by atoms with Gasteiger partial charge >= 0.3 is 6.09 Å². The molecule has 5 atom stereocenters. The first-order chi connectivity index (χ1) is 18.8. The number of likely N-dealkylation sites (tertiary alicyclic amines) is 1. The SMILES string of the molecule is CS(=O)c1cc(-c2cc(F)c(CC(C#N)NC(=O)C3C4CCC(C4)N3C(=O)OC(C)(C)C)c(F)c2)ccc1C#N. The zero-order valence-corrected chi connectivity index (χ0v) is 23.5. The normalized spacial score (nSPS) is 21.3. The lowest BCUT2D eigenvalue weighted by molar-refractivity contribution is -0.128. The van der Waals surface area contributed by atoms with Crippen molar-refractivity contribution in [3.8, 4) is 23.3 Å². The average Bonchev–Trinajstić information content (AvgIpc) is 3.50. The summed E-state index contributed by atoms with van der Waals surface area (Å²) in [6.45, 7) is 5.21. The Bertz CT molecular complexity index is 1440. The molecule has 0 radical (unpaired) electrons. The van der Waals surface area contributed by atoms with Crippen LogP contribution >= 0.6 is 0 Å². The summed E-state index contributed by atoms with van der Waals surface area (Å²) in [4.78, 5) is 27.8. The monoisotopic (exact) mass is 568 g/mol. The quantitative estimate of drug-likeness (QED) is 0.544. The number of hydrogen-bond acceptors (Lipinski definition) is 6. The van der Waals surface area contributed by atoms with Crippen molar-refractivity contribution in [1.29, 1.82) is 10.5 Å². The fourth-order valence-electron chi connectivity index (χ4n) is 5.49. The van der Waals surface area contributed by atoms with Crippen LogP contribution in [-0.2, 0) is 26.8 Å². The Balaban J connectivity index is 1.52. The highest BCUT2D eigenvalue weighted by Gasteiger charge is 2.52. The summed E-state index contributed by atoms with van der Waals surface area (Å²) in [5, 5.41) is 21.5. The predicted molar refractivity (Wildman–Crippen MR) is 143 cm³/mol. The topological polar surface area (TPSA) is 123 Å². The van der Waals surface area contributed by atoms with E-state index in [0.29, 0.717) is 12.0 Å². The zero-order valence-electron chi connectivity index (χ0n) is 22.7. The number of nitriles is 2. The predicted octanol–water partition coefficient (Wildman–Crippen LogP) is 4.58. The van der Waals surface area contributed by atoms with Crippen molar-refractivity contribution in [2.45, 2.75) is 75.1 Å². The lowest BCUT2D eigenvalue weighted by Crippen LogP contribution is -2.55. The molecule has 40 heavy (non-hydrogen) atoms. The molecule has 2 aliphatic rings. The van der Waals surface area contributed by atoms with Crippen LogP contribution in [0.15, 0.2) is 35.2 Å². The number of nitrogens with one attached hydrogen (secondary N) is 1. The molecule has 1 aliphatic heterocycles. The first kappa shape index (κ1) is 29.2. The number of carbonyl (C=O) groups is 2. The van der Waals surface area contributed by atoms with E-state index < -0.39 is 58.5 Å². The molecule has 0 spiro atoms. The zero-order chi connectivity index (χ0) is 29.4. The summed E-state index contributed by atoms with van der Waals surface area (Å²) in [6, 6.07) is 8.23. The van der Waals surface area contributed by atoms with Crippen LogP contribution in [0, 0.1) is 40.2 Å². The number of benzene rings is 2. The van der Waals surface area contributed by atoms with E-state index in [0.717, 1.165) is 25.0 Å². The second kappa shape index (κ2) is 11.3. The van der Waals surface area contributed by atoms with E-state index in [1.807, 2.05) is 12.1 Å². The third-order valence-corrected chi connectivity index (χ3v) is 8.18. The molecule has 2 bridgehead atoms. The highest BCUT2D eigenvalue weighted by molar-refractivity contribution is 7.84. The number of hydrogen-bond donors (Lipinski definition) is 1. The Kier molecular flexibility index (Phi) is 8.27. The van der Waals surface area contributed by atoms with Crippen molar-refractivity contribution in [2.75, 3.05) is 6.26 Å². The maximum absolute atomic E-state index is 15.1. The number of rotatable bonds is 6. The minimum Gasteiger partial charge on any atom is -0.444 e. The summed E-state index contributed by atoms with van der Waals surface area (Å²) in [6.07, 6.45) is 2.55. The van der Waals surface area contributed by atoms with Crippen LogP contribution in [0.4, 0.5) is 13.6 Å². The molecule has 2 aromatic carbocycles. The van der Waals surface area contributed by atoms with Gasteiger partial charge in [-0.05, 0) is 81.3 Å².